The summed E-state index contributed by atoms with van der Waals surface area (Å²) in [6, 6.07) is 0. The Balaban J connectivity index is 1.78. The van der Waals surface area contributed by atoms with Gasteiger partial charge in [0, 0.05) is 0 Å². The molecule has 0 spiro atoms. The van der Waals surface area contributed by atoms with E-state index in [1.165, 1.54) is 0 Å². The maximum absolute atomic E-state index is 5.30. The van der Waals surface area contributed by atoms with E-state index >= 15 is 0 Å². The van der Waals surface area contributed by atoms with Gasteiger partial charge in [0.05, 0.1) is 0 Å². The minimum absolute atomic E-state index is 0.790. The van der Waals surface area contributed by atoms with Crippen LogP contribution in [0.1, 0.15) is 0 Å². The van der Waals surface area contributed by atoms with Gasteiger partial charge in [-0.1, -0.05) is 0 Å². The number of morpholine rings is 2. The molecule has 0 aromatic carbocycles. The van der Waals surface area contributed by atoms with Gasteiger partial charge < -0.3 is 0 Å². The van der Waals surface area contributed by atoms with Crippen LogP contribution in [0.2, 0.25) is 0 Å². The molecule has 90 valence electrons. The first-order valence-electron chi connectivity index (χ1n) is 5.59. The summed E-state index contributed by atoms with van der Waals surface area (Å²) in [6.45, 7) is 6.88. The van der Waals surface area contributed by atoms with Crippen molar-refractivity contribution in [3.05, 3.63) is 0 Å². The van der Waals surface area contributed by atoms with Gasteiger partial charge in [-0.05, 0) is 0 Å². The summed E-state index contributed by atoms with van der Waals surface area (Å²) in [6.07, 6.45) is 1.91. The topological polar surface area (TPSA) is 37.3 Å². The van der Waals surface area contributed by atoms with E-state index in [9.17, 15) is 0 Å². The molecular formula is C10H17N3O2Se. The van der Waals surface area contributed by atoms with E-state index in [-0.39, 0.29) is 0 Å². The van der Waals surface area contributed by atoms with Crippen LogP contribution in [0.25, 0.3) is 0 Å². The third-order valence-corrected chi connectivity index (χ3v) is 3.42. The molecule has 2 rings (SSSR count). The van der Waals surface area contributed by atoms with E-state index in [1.807, 2.05) is 6.34 Å². The van der Waals surface area contributed by atoms with Crippen molar-refractivity contribution in [2.24, 2.45) is 4.99 Å². The first-order chi connectivity index (χ1) is 7.86. The Morgan fingerprint density at radius 1 is 1.00 bits per heavy atom. The number of aliphatic imine (C=N–C) groups is 1. The fourth-order valence-corrected chi connectivity index (χ4v) is 2.14. The molecule has 0 aliphatic carbocycles. The Hall–Kier alpha value is -0.421. The van der Waals surface area contributed by atoms with Crippen molar-refractivity contribution in [1.82, 2.24) is 9.80 Å². The van der Waals surface area contributed by atoms with Crippen LogP contribution in [-0.4, -0.2) is 89.0 Å². The Morgan fingerprint density at radius 3 is 2.19 bits per heavy atom. The Labute approximate surface area is 104 Å². The number of ether oxygens (including phenoxy) is 2. The van der Waals surface area contributed by atoms with Gasteiger partial charge in [-0.25, -0.2) is 0 Å². The second kappa shape index (κ2) is 6.35. The molecule has 0 aromatic rings. The van der Waals surface area contributed by atoms with E-state index in [1.54, 1.807) is 0 Å². The standard InChI is InChI=1S/C10H17N3O2Se/c16-10(13-3-7-15-8-4-13)11-9-12-1-5-14-6-2-12/h9H,1-8H2/b11-9+. The molecular weight excluding hydrogens is 273 g/mol. The van der Waals surface area contributed by atoms with Crippen LogP contribution in [0.5, 0.6) is 0 Å². The van der Waals surface area contributed by atoms with Gasteiger partial charge in [0.2, 0.25) is 0 Å². The molecule has 2 saturated heterocycles. The molecule has 0 saturated carbocycles. The second-order valence-corrected chi connectivity index (χ2v) is 4.54. The monoisotopic (exact) mass is 291 g/mol. The Morgan fingerprint density at radius 2 is 1.56 bits per heavy atom. The SMILES string of the molecule is [Se]=C(/N=C/N1CCOCC1)N1CCOCC1. The molecule has 0 radical (unpaired) electrons. The third-order valence-electron chi connectivity index (χ3n) is 2.66. The summed E-state index contributed by atoms with van der Waals surface area (Å²) >= 11 is 3.02. The van der Waals surface area contributed by atoms with E-state index in [2.05, 4.69) is 30.4 Å². The second-order valence-electron chi connectivity index (χ2n) is 3.77. The van der Waals surface area contributed by atoms with Crippen molar-refractivity contribution in [3.63, 3.8) is 0 Å². The quantitative estimate of drug-likeness (QED) is 0.377. The summed E-state index contributed by atoms with van der Waals surface area (Å²) in [5, 5.41) is 0. The van der Waals surface area contributed by atoms with E-state index in [0.717, 1.165) is 57.3 Å². The van der Waals surface area contributed by atoms with Gasteiger partial charge in [-0.3, -0.25) is 0 Å². The van der Waals surface area contributed by atoms with Gasteiger partial charge in [-0.2, -0.15) is 0 Å². The molecule has 0 atom stereocenters. The third kappa shape index (κ3) is 3.56. The van der Waals surface area contributed by atoms with Gasteiger partial charge in [0.25, 0.3) is 0 Å². The number of hydrogen-bond acceptors (Lipinski definition) is 4. The van der Waals surface area contributed by atoms with Crippen molar-refractivity contribution in [3.8, 4) is 0 Å². The first-order valence-corrected chi connectivity index (χ1v) is 6.44. The van der Waals surface area contributed by atoms with Gasteiger partial charge in [-0.15, -0.1) is 0 Å². The predicted molar refractivity (Wildman–Crippen MR) is 64.0 cm³/mol. The van der Waals surface area contributed by atoms with Crippen molar-refractivity contribution in [2.75, 3.05) is 52.6 Å². The van der Waals surface area contributed by atoms with Crippen LogP contribution in [0.4, 0.5) is 0 Å². The molecule has 5 nitrogen and oxygen atoms in total. The first kappa shape index (κ1) is 12.0. The molecule has 6 heteroatoms. The zero-order valence-corrected chi connectivity index (χ0v) is 11.0. The van der Waals surface area contributed by atoms with E-state index in [0.29, 0.717) is 0 Å². The van der Waals surface area contributed by atoms with Gasteiger partial charge >= 0.3 is 103 Å². The average Bonchev–Trinajstić information content (AvgIpc) is 2.38. The molecule has 2 heterocycles. The number of hydrogen-bond donors (Lipinski definition) is 0. The van der Waals surface area contributed by atoms with Crippen molar-refractivity contribution >= 4 is 26.6 Å². The summed E-state index contributed by atoms with van der Waals surface area (Å²) in [7, 11) is 0. The fraction of sp³-hybridized carbons (Fsp3) is 0.800. The normalized spacial score (nSPS) is 22.8. The minimum atomic E-state index is 0.790. The fourth-order valence-electron chi connectivity index (χ4n) is 1.66. The molecule has 2 aliphatic rings. The summed E-state index contributed by atoms with van der Waals surface area (Å²) in [4.78, 5) is 8.84. The maximum atomic E-state index is 5.30. The van der Waals surface area contributed by atoms with Crippen molar-refractivity contribution in [2.45, 2.75) is 0 Å². The van der Waals surface area contributed by atoms with Crippen molar-refractivity contribution < 1.29 is 9.47 Å². The number of rotatable bonds is 3. The van der Waals surface area contributed by atoms with E-state index < -0.39 is 0 Å². The summed E-state index contributed by atoms with van der Waals surface area (Å²) < 4.78 is 11.5. The molecule has 2 aliphatic heterocycles. The van der Waals surface area contributed by atoms with Crippen molar-refractivity contribution in [1.29, 1.82) is 0 Å². The number of nitrogens with zero attached hydrogens (tertiary/aromatic N) is 3. The van der Waals surface area contributed by atoms with E-state index in [4.69, 9.17) is 9.47 Å². The van der Waals surface area contributed by atoms with Crippen LogP contribution in [0, 0.1) is 0 Å². The Bertz CT molecular complexity index is 261. The molecule has 0 bridgehead atoms. The summed E-state index contributed by atoms with van der Waals surface area (Å²) in [5.41, 5.74) is 0. The van der Waals surface area contributed by atoms with Crippen LogP contribution >= 0.6 is 0 Å². The van der Waals surface area contributed by atoms with Crippen LogP contribution < -0.4 is 0 Å². The summed E-state index contributed by atoms with van der Waals surface area (Å²) in [5.74, 6) is 0. The van der Waals surface area contributed by atoms with Gasteiger partial charge in [0.1, 0.15) is 0 Å². The molecule has 0 amide bonds. The average molecular weight is 290 g/mol. The van der Waals surface area contributed by atoms with Crippen LogP contribution in [0.15, 0.2) is 4.99 Å². The Kier molecular flexibility index (Phi) is 4.78. The predicted octanol–water partition coefficient (Wildman–Crippen LogP) is -1.06. The molecule has 16 heavy (non-hydrogen) atoms. The zero-order valence-electron chi connectivity index (χ0n) is 9.30. The molecule has 2 fully saturated rings. The zero-order chi connectivity index (χ0) is 11.2. The molecule has 0 unspecified atom stereocenters. The van der Waals surface area contributed by atoms with Crippen LogP contribution in [-0.2, 0) is 9.47 Å². The van der Waals surface area contributed by atoms with Gasteiger partial charge in [0.15, 0.2) is 0 Å². The molecule has 0 aromatic heterocycles. The molecule has 0 N–H and O–H groups in total. The van der Waals surface area contributed by atoms with Crippen LogP contribution in [0.3, 0.4) is 0 Å².